The summed E-state index contributed by atoms with van der Waals surface area (Å²) in [6.45, 7) is 4.01. The molecule has 12 heteroatoms. The Morgan fingerprint density at radius 2 is 1.88 bits per heavy atom. The second-order valence-electron chi connectivity index (χ2n) is 11.9. The van der Waals surface area contributed by atoms with E-state index in [2.05, 4.69) is 49.6 Å². The molecule has 4 N–H and O–H groups in total. The maximum absolute atomic E-state index is 14.0. The predicted octanol–water partition coefficient (Wildman–Crippen LogP) is 3.37. The van der Waals surface area contributed by atoms with Crippen LogP contribution in [0.15, 0.2) is 36.5 Å². The van der Waals surface area contributed by atoms with Crippen LogP contribution in [0.25, 0.3) is 0 Å². The molecular weight excluding hydrogens is 561 g/mol. The van der Waals surface area contributed by atoms with Crippen LogP contribution in [0.2, 0.25) is 5.02 Å². The Morgan fingerprint density at radius 3 is 2.59 bits per heavy atom. The Morgan fingerprint density at radius 1 is 1.15 bits per heavy atom. The van der Waals surface area contributed by atoms with E-state index in [0.717, 1.165) is 37.9 Å². The number of nitrogens with two attached hydrogens (primary N) is 1. The Bertz CT molecular complexity index is 1370. The van der Waals surface area contributed by atoms with Crippen LogP contribution in [0.3, 0.4) is 0 Å². The number of rotatable bonds is 8. The zero-order valence-corrected chi connectivity index (χ0v) is 25.3. The molecule has 4 aliphatic rings. The summed E-state index contributed by atoms with van der Waals surface area (Å²) in [5.41, 5.74) is 6.39. The summed E-state index contributed by atoms with van der Waals surface area (Å²) in [5, 5.41) is 7.80. The van der Waals surface area contributed by atoms with Crippen LogP contribution < -0.4 is 26.4 Å². The fourth-order valence-electron chi connectivity index (χ4n) is 7.04. The van der Waals surface area contributed by atoms with Crippen LogP contribution in [-0.4, -0.2) is 90.4 Å². The van der Waals surface area contributed by atoms with Gasteiger partial charge in [0.2, 0.25) is 11.9 Å². The number of piperidine rings is 1. The van der Waals surface area contributed by atoms with Crippen molar-refractivity contribution in [3.63, 3.8) is 0 Å². The van der Waals surface area contributed by atoms with Gasteiger partial charge in [-0.1, -0.05) is 23.8 Å². The minimum atomic E-state index is -2.52. The molecule has 0 spiro atoms. The monoisotopic (exact) mass is 599 g/mol. The number of halogens is 1. The highest BCUT2D eigenvalue weighted by atomic mass is 35.5. The lowest BCUT2D eigenvalue weighted by Crippen LogP contribution is -2.48. The lowest BCUT2D eigenvalue weighted by molar-refractivity contribution is -0.122. The number of allylic oxidation sites excluding steroid dienone is 1. The van der Waals surface area contributed by atoms with Crippen molar-refractivity contribution in [2.75, 3.05) is 63.3 Å². The summed E-state index contributed by atoms with van der Waals surface area (Å²) in [6.07, 6.45) is 10.4. The van der Waals surface area contributed by atoms with Gasteiger partial charge in [-0.3, -0.25) is 9.69 Å². The summed E-state index contributed by atoms with van der Waals surface area (Å²) in [5.74, 6) is 1.07. The van der Waals surface area contributed by atoms with Crippen LogP contribution in [0.5, 0.6) is 5.75 Å². The topological polar surface area (TPSA) is 126 Å². The molecule has 3 heterocycles. The van der Waals surface area contributed by atoms with Crippen LogP contribution in [0.1, 0.15) is 19.3 Å². The number of benzene rings is 1. The zero-order valence-electron chi connectivity index (χ0n) is 23.6. The van der Waals surface area contributed by atoms with Gasteiger partial charge < -0.3 is 30.6 Å². The van der Waals surface area contributed by atoms with Crippen LogP contribution in [-0.2, 0) is 9.36 Å². The number of likely N-dealkylation sites (tertiary alicyclic amines) is 1. The molecule has 3 fully saturated rings. The number of ether oxygens (including phenoxy) is 1. The molecule has 10 nitrogen and oxygen atoms in total. The molecule has 1 saturated carbocycles. The summed E-state index contributed by atoms with van der Waals surface area (Å²) in [7, 11) is 1.26. The van der Waals surface area contributed by atoms with Crippen molar-refractivity contribution in [1.29, 1.82) is 0 Å². The van der Waals surface area contributed by atoms with Gasteiger partial charge in [-0.2, -0.15) is 4.98 Å². The Balaban J connectivity index is 1.14. The normalized spacial score (nSPS) is 28.1. The lowest BCUT2D eigenvalue weighted by Gasteiger charge is -2.41. The van der Waals surface area contributed by atoms with E-state index in [-0.39, 0.29) is 29.7 Å². The van der Waals surface area contributed by atoms with Gasteiger partial charge in [-0.15, -0.1) is 0 Å². The second kappa shape index (κ2) is 11.6. The number of hydrogen-bond acceptors (Lipinski definition) is 9. The van der Waals surface area contributed by atoms with Crippen molar-refractivity contribution >= 4 is 47.4 Å². The molecule has 2 aromatic rings. The first kappa shape index (κ1) is 28.5. The average molecular weight is 600 g/mol. The molecule has 0 radical (unpaired) electrons. The van der Waals surface area contributed by atoms with E-state index in [4.69, 9.17) is 22.1 Å². The minimum absolute atomic E-state index is 0.143. The van der Waals surface area contributed by atoms with Gasteiger partial charge in [0.05, 0.1) is 24.9 Å². The number of anilines is 3. The number of hydrogen-bond donors (Lipinski definition) is 3. The third-order valence-electron chi connectivity index (χ3n) is 9.44. The fourth-order valence-corrected chi connectivity index (χ4v) is 9.78. The van der Waals surface area contributed by atoms with Crippen molar-refractivity contribution in [3.8, 4) is 5.75 Å². The summed E-state index contributed by atoms with van der Waals surface area (Å²) >= 11 is 6.44. The molecule has 6 rings (SSSR count). The van der Waals surface area contributed by atoms with Gasteiger partial charge >= 0.3 is 0 Å². The first-order valence-electron chi connectivity index (χ1n) is 14.5. The second-order valence-corrected chi connectivity index (χ2v) is 15.4. The van der Waals surface area contributed by atoms with E-state index < -0.39 is 7.14 Å². The molecule has 1 aromatic heterocycles. The highest BCUT2D eigenvalue weighted by Gasteiger charge is 2.47. The number of carbonyl (C=O) groups excluding carboxylic acids is 1. The Kier molecular flexibility index (Phi) is 8.02. The molecule has 1 aromatic carbocycles. The largest absolute Gasteiger partial charge is 0.495 e. The Labute approximate surface area is 246 Å². The molecule has 220 valence electrons. The molecular formula is C29H39ClN7O3P. The molecule has 4 unspecified atom stereocenters. The highest BCUT2D eigenvalue weighted by molar-refractivity contribution is 7.71. The first-order valence-corrected chi connectivity index (χ1v) is 16.9. The Hall–Kier alpha value is -2.65. The molecule has 2 saturated heterocycles. The summed E-state index contributed by atoms with van der Waals surface area (Å²) in [4.78, 5) is 26.0. The van der Waals surface area contributed by atoms with Gasteiger partial charge in [-0.25, -0.2) is 4.98 Å². The molecule has 4 atom stereocenters. The van der Waals surface area contributed by atoms with E-state index in [1.165, 1.54) is 19.0 Å². The van der Waals surface area contributed by atoms with Gasteiger partial charge in [0.1, 0.15) is 17.9 Å². The summed E-state index contributed by atoms with van der Waals surface area (Å²) in [6, 6.07) is 6.14. The van der Waals surface area contributed by atoms with E-state index in [0.29, 0.717) is 46.6 Å². The number of methoxy groups -OCH3 is 1. The van der Waals surface area contributed by atoms with Crippen molar-refractivity contribution in [2.24, 2.45) is 23.5 Å². The number of nitrogens with zero attached hydrogens (tertiary/aromatic N) is 4. The number of carbonyl (C=O) groups is 1. The summed E-state index contributed by atoms with van der Waals surface area (Å²) < 4.78 is 19.7. The maximum Gasteiger partial charge on any atom is 0.229 e. The van der Waals surface area contributed by atoms with Crippen molar-refractivity contribution in [2.45, 2.75) is 31.3 Å². The van der Waals surface area contributed by atoms with Gasteiger partial charge in [0.15, 0.2) is 5.82 Å². The maximum atomic E-state index is 14.0. The lowest BCUT2D eigenvalue weighted by atomic mass is 9.88. The smallest absolute Gasteiger partial charge is 0.229 e. The van der Waals surface area contributed by atoms with Gasteiger partial charge in [0, 0.05) is 42.8 Å². The molecule has 2 bridgehead atoms. The average Bonchev–Trinajstić information content (AvgIpc) is 3.58. The number of primary amides is 1. The number of fused-ring (bicyclic) bond motifs is 2. The molecule has 41 heavy (non-hydrogen) atoms. The highest BCUT2D eigenvalue weighted by Crippen LogP contribution is 2.48. The zero-order chi connectivity index (χ0) is 28.7. The van der Waals surface area contributed by atoms with Crippen LogP contribution in [0, 0.1) is 17.8 Å². The van der Waals surface area contributed by atoms with E-state index in [1.54, 1.807) is 7.11 Å². The van der Waals surface area contributed by atoms with Gasteiger partial charge in [0.25, 0.3) is 0 Å². The fraction of sp³-hybridized carbons (Fsp3) is 0.552. The predicted molar refractivity (Wildman–Crippen MR) is 163 cm³/mol. The van der Waals surface area contributed by atoms with Crippen molar-refractivity contribution in [1.82, 2.24) is 19.8 Å². The number of aromatic nitrogens is 2. The van der Waals surface area contributed by atoms with E-state index in [9.17, 15) is 9.36 Å². The SMILES string of the molecule is COc1cc(P2(=O)CCN(C3CCN(C)CC3)CC2)ccc1Nc1ncc(Cl)c(NC2C3C=CC(C3)C2C(N)=O)n1. The minimum Gasteiger partial charge on any atom is -0.495 e. The standard InChI is InChI=1S/C29H39ClN7O3P/c1-36-9-7-20(8-10-36)37-11-13-41(39,14-12-37)21-5-6-23(24(16-21)40-2)33-29-32-17-22(30)28(35-29)34-26-19-4-3-18(15-19)25(26)27(31)38/h3-6,16-20,25-26H,7-15H2,1-2H3,(H2,31,38)(H2,32,33,34,35). The first-order chi connectivity index (χ1) is 19.7. The third kappa shape index (κ3) is 5.72. The van der Waals surface area contributed by atoms with Crippen molar-refractivity contribution in [3.05, 3.63) is 41.6 Å². The third-order valence-corrected chi connectivity index (χ3v) is 12.8. The molecule has 2 aliphatic heterocycles. The molecule has 2 aliphatic carbocycles. The van der Waals surface area contributed by atoms with Crippen molar-refractivity contribution < 1.29 is 14.1 Å². The number of amides is 1. The van der Waals surface area contributed by atoms with Gasteiger partial charge in [-0.05, 0) is 69.4 Å². The van der Waals surface area contributed by atoms with E-state index >= 15 is 0 Å². The molecule has 1 amide bonds. The van der Waals surface area contributed by atoms with Crippen LogP contribution in [0.4, 0.5) is 17.5 Å². The van der Waals surface area contributed by atoms with E-state index in [1.807, 2.05) is 18.2 Å². The number of nitrogens with one attached hydrogen (secondary N) is 2. The van der Waals surface area contributed by atoms with Crippen LogP contribution >= 0.6 is 18.7 Å². The quantitative estimate of drug-likeness (QED) is 0.309.